The molecule has 5 nitrogen and oxygen atoms in total. The Balaban J connectivity index is 1.62. The highest BCUT2D eigenvalue weighted by atomic mass is 32.1. The van der Waals surface area contributed by atoms with E-state index in [2.05, 4.69) is 16.2 Å². The van der Waals surface area contributed by atoms with Crippen LogP contribution in [0.3, 0.4) is 0 Å². The molecular weight excluding hydrogens is 384 g/mol. The fraction of sp³-hybridized carbons (Fsp3) is 0.130. The number of nitrogens with zero attached hydrogens (tertiary/aromatic N) is 1. The molecule has 6 heteroatoms. The third kappa shape index (κ3) is 6.23. The number of para-hydroxylation sites is 1. The number of terminal acetylenes is 1. The van der Waals surface area contributed by atoms with E-state index in [-0.39, 0.29) is 12.5 Å². The number of anilines is 1. The molecular formula is C23H20N2O3S. The number of hydrogen-bond acceptors (Lipinski definition) is 5. The van der Waals surface area contributed by atoms with Crippen molar-refractivity contribution in [2.45, 2.75) is 13.5 Å². The molecule has 0 atom stereocenters. The van der Waals surface area contributed by atoms with Crippen molar-refractivity contribution >= 4 is 29.0 Å². The summed E-state index contributed by atoms with van der Waals surface area (Å²) in [7, 11) is 0. The first-order valence-electron chi connectivity index (χ1n) is 8.92. The van der Waals surface area contributed by atoms with Crippen molar-refractivity contribution in [3.63, 3.8) is 0 Å². The van der Waals surface area contributed by atoms with Crippen molar-refractivity contribution in [1.29, 1.82) is 0 Å². The highest BCUT2D eigenvalue weighted by Crippen LogP contribution is 2.22. The minimum Gasteiger partial charge on any atom is -0.487 e. The van der Waals surface area contributed by atoms with Crippen LogP contribution in [0.15, 0.2) is 60.0 Å². The lowest BCUT2D eigenvalue weighted by atomic mass is 10.2. The first-order valence-corrected chi connectivity index (χ1v) is 9.80. The average Bonchev–Trinajstić information content (AvgIpc) is 3.15. The quantitative estimate of drug-likeness (QED) is 0.437. The fourth-order valence-electron chi connectivity index (χ4n) is 2.51. The van der Waals surface area contributed by atoms with Crippen LogP contribution in [0, 0.1) is 19.3 Å². The zero-order chi connectivity index (χ0) is 20.5. The van der Waals surface area contributed by atoms with E-state index in [0.717, 1.165) is 16.3 Å². The summed E-state index contributed by atoms with van der Waals surface area (Å²) in [4.78, 5) is 16.7. The van der Waals surface area contributed by atoms with Gasteiger partial charge in [0, 0.05) is 28.8 Å². The van der Waals surface area contributed by atoms with Gasteiger partial charge in [-0.05, 0) is 31.2 Å². The minimum atomic E-state index is -0.260. The van der Waals surface area contributed by atoms with E-state index < -0.39 is 0 Å². The Hall–Kier alpha value is -3.56. The molecule has 0 aliphatic carbocycles. The molecule has 0 aliphatic rings. The van der Waals surface area contributed by atoms with Crippen LogP contribution in [-0.4, -0.2) is 17.5 Å². The van der Waals surface area contributed by atoms with E-state index in [0.29, 0.717) is 23.8 Å². The van der Waals surface area contributed by atoms with Crippen LogP contribution in [0.4, 0.5) is 5.69 Å². The number of carbonyl (C=O) groups excluding carboxylic acids is 1. The second-order valence-corrected chi connectivity index (χ2v) is 7.09. The van der Waals surface area contributed by atoms with Crippen molar-refractivity contribution in [3.8, 4) is 23.8 Å². The molecule has 3 aromatic rings. The van der Waals surface area contributed by atoms with Gasteiger partial charge in [-0.1, -0.05) is 30.2 Å². The molecule has 0 bridgehead atoms. The van der Waals surface area contributed by atoms with Gasteiger partial charge in [0.1, 0.15) is 24.7 Å². The molecule has 1 N–H and O–H groups in total. The van der Waals surface area contributed by atoms with E-state index in [1.165, 1.54) is 6.08 Å². The Bertz CT molecular complexity index is 1050. The summed E-state index contributed by atoms with van der Waals surface area (Å²) in [6, 6.07) is 14.6. The van der Waals surface area contributed by atoms with Crippen molar-refractivity contribution in [2.75, 3.05) is 11.9 Å². The van der Waals surface area contributed by atoms with Crippen LogP contribution in [-0.2, 0) is 11.4 Å². The van der Waals surface area contributed by atoms with Gasteiger partial charge < -0.3 is 14.8 Å². The second-order valence-electron chi connectivity index (χ2n) is 6.03. The van der Waals surface area contributed by atoms with Crippen LogP contribution < -0.4 is 14.8 Å². The van der Waals surface area contributed by atoms with Gasteiger partial charge in [-0.3, -0.25) is 4.79 Å². The average molecular weight is 404 g/mol. The summed E-state index contributed by atoms with van der Waals surface area (Å²) in [5.74, 6) is 3.43. The van der Waals surface area contributed by atoms with E-state index in [9.17, 15) is 4.79 Å². The SMILES string of the molecule is C#CCOc1cccc(NC(=O)C=Cc2ccccc2OCc2csc(C)n2)c1. The smallest absolute Gasteiger partial charge is 0.248 e. The maximum atomic E-state index is 12.3. The van der Waals surface area contributed by atoms with Gasteiger partial charge in [0.15, 0.2) is 0 Å². The van der Waals surface area contributed by atoms with E-state index in [4.69, 9.17) is 15.9 Å². The molecule has 0 spiro atoms. The monoisotopic (exact) mass is 404 g/mol. The van der Waals surface area contributed by atoms with E-state index in [1.807, 2.05) is 36.6 Å². The summed E-state index contributed by atoms with van der Waals surface area (Å²) in [6.45, 7) is 2.51. The van der Waals surface area contributed by atoms with Gasteiger partial charge in [-0.25, -0.2) is 4.98 Å². The largest absolute Gasteiger partial charge is 0.487 e. The number of benzene rings is 2. The Labute approximate surface area is 174 Å². The van der Waals surface area contributed by atoms with Gasteiger partial charge in [0.25, 0.3) is 0 Å². The van der Waals surface area contributed by atoms with Crippen molar-refractivity contribution in [1.82, 2.24) is 4.98 Å². The molecule has 0 unspecified atom stereocenters. The number of carbonyl (C=O) groups is 1. The highest BCUT2D eigenvalue weighted by Gasteiger charge is 2.05. The van der Waals surface area contributed by atoms with Crippen LogP contribution in [0.5, 0.6) is 11.5 Å². The molecule has 1 aromatic heterocycles. The van der Waals surface area contributed by atoms with E-state index in [1.54, 1.807) is 41.7 Å². The van der Waals surface area contributed by atoms with Crippen LogP contribution >= 0.6 is 11.3 Å². The fourth-order valence-corrected chi connectivity index (χ4v) is 3.11. The molecule has 1 heterocycles. The zero-order valence-corrected chi connectivity index (χ0v) is 16.7. The van der Waals surface area contributed by atoms with Crippen LogP contribution in [0.1, 0.15) is 16.3 Å². The molecule has 0 saturated carbocycles. The number of rotatable bonds is 8. The molecule has 1 amide bonds. The number of amides is 1. The molecule has 146 valence electrons. The third-order valence-electron chi connectivity index (χ3n) is 3.80. The molecule has 0 radical (unpaired) electrons. The van der Waals surface area contributed by atoms with E-state index >= 15 is 0 Å². The topological polar surface area (TPSA) is 60.5 Å². The Morgan fingerprint density at radius 1 is 1.24 bits per heavy atom. The normalized spacial score (nSPS) is 10.5. The van der Waals surface area contributed by atoms with Gasteiger partial charge in [-0.2, -0.15) is 0 Å². The highest BCUT2D eigenvalue weighted by molar-refractivity contribution is 7.09. The number of thiazole rings is 1. The van der Waals surface area contributed by atoms with Crippen LogP contribution in [0.25, 0.3) is 6.08 Å². The third-order valence-corrected chi connectivity index (χ3v) is 4.62. The van der Waals surface area contributed by atoms with Gasteiger partial charge in [0.05, 0.1) is 10.7 Å². The predicted octanol–water partition coefficient (Wildman–Crippen LogP) is 4.69. The molecule has 0 aliphatic heterocycles. The molecule has 3 rings (SSSR count). The molecule has 0 saturated heterocycles. The molecule has 2 aromatic carbocycles. The lowest BCUT2D eigenvalue weighted by Crippen LogP contribution is -2.08. The minimum absolute atomic E-state index is 0.175. The summed E-state index contributed by atoms with van der Waals surface area (Å²) in [5.41, 5.74) is 2.31. The summed E-state index contributed by atoms with van der Waals surface area (Å²) >= 11 is 1.59. The van der Waals surface area contributed by atoms with Crippen LogP contribution in [0.2, 0.25) is 0 Å². The predicted molar refractivity (Wildman–Crippen MR) is 116 cm³/mol. The van der Waals surface area contributed by atoms with Gasteiger partial charge in [0.2, 0.25) is 5.91 Å². The number of aromatic nitrogens is 1. The first-order chi connectivity index (χ1) is 14.1. The Kier molecular flexibility index (Phi) is 7.04. The number of hydrogen-bond donors (Lipinski definition) is 1. The number of aryl methyl sites for hydroxylation is 1. The van der Waals surface area contributed by atoms with Crippen molar-refractivity contribution in [3.05, 3.63) is 76.3 Å². The summed E-state index contributed by atoms with van der Waals surface area (Å²) in [6.07, 6.45) is 8.37. The Morgan fingerprint density at radius 3 is 2.90 bits per heavy atom. The second kappa shape index (κ2) is 10.1. The Morgan fingerprint density at radius 2 is 2.10 bits per heavy atom. The van der Waals surface area contributed by atoms with Gasteiger partial charge >= 0.3 is 0 Å². The standard InChI is InChI=1S/C23H20N2O3S/c1-3-13-27-21-9-6-8-19(14-21)25-23(26)12-11-18-7-4-5-10-22(18)28-15-20-16-29-17(2)24-20/h1,4-12,14,16H,13,15H2,2H3,(H,25,26). The summed E-state index contributed by atoms with van der Waals surface area (Å²) in [5, 5.41) is 5.78. The molecule has 0 fully saturated rings. The van der Waals surface area contributed by atoms with Crippen molar-refractivity contribution in [2.24, 2.45) is 0 Å². The number of nitrogens with one attached hydrogen (secondary N) is 1. The first kappa shape index (κ1) is 20.2. The van der Waals surface area contributed by atoms with Gasteiger partial charge in [-0.15, -0.1) is 17.8 Å². The lowest BCUT2D eigenvalue weighted by molar-refractivity contribution is -0.111. The summed E-state index contributed by atoms with van der Waals surface area (Å²) < 4.78 is 11.2. The van der Waals surface area contributed by atoms with Crippen molar-refractivity contribution < 1.29 is 14.3 Å². The zero-order valence-electron chi connectivity index (χ0n) is 15.9. The molecule has 29 heavy (non-hydrogen) atoms. The number of ether oxygens (including phenoxy) is 2. The maximum absolute atomic E-state index is 12.3. The maximum Gasteiger partial charge on any atom is 0.248 e. The lowest BCUT2D eigenvalue weighted by Gasteiger charge is -2.08.